The van der Waals surface area contributed by atoms with Crippen LogP contribution in [0.25, 0.3) is 0 Å². The van der Waals surface area contributed by atoms with Crippen LogP contribution in [0.15, 0.2) is 18.2 Å². The molecule has 1 aromatic carbocycles. The van der Waals surface area contributed by atoms with Gasteiger partial charge < -0.3 is 15.0 Å². The number of likely N-dealkylation sites (N-methyl/N-ethyl adjacent to an activating group) is 1. The van der Waals surface area contributed by atoms with Crippen molar-refractivity contribution in [3.63, 3.8) is 0 Å². The lowest BCUT2D eigenvalue weighted by Gasteiger charge is -2.23. The van der Waals surface area contributed by atoms with E-state index in [0.717, 1.165) is 13.0 Å². The first-order chi connectivity index (χ1) is 9.54. The fourth-order valence-electron chi connectivity index (χ4n) is 2.30. The average Bonchev–Trinajstić information content (AvgIpc) is 2.99. The van der Waals surface area contributed by atoms with Crippen molar-refractivity contribution in [2.45, 2.75) is 12.5 Å². The molecule has 21 heavy (non-hydrogen) atoms. The second kappa shape index (κ2) is 7.24. The van der Waals surface area contributed by atoms with Crippen molar-refractivity contribution in [3.05, 3.63) is 33.9 Å². The molecule has 0 saturated carbocycles. The summed E-state index contributed by atoms with van der Waals surface area (Å²) >= 11 is 0. The van der Waals surface area contributed by atoms with Gasteiger partial charge in [0.2, 0.25) is 0 Å². The van der Waals surface area contributed by atoms with Gasteiger partial charge in [0, 0.05) is 25.7 Å². The van der Waals surface area contributed by atoms with Crippen molar-refractivity contribution in [1.29, 1.82) is 0 Å². The number of rotatable bonds is 4. The lowest BCUT2D eigenvalue weighted by Crippen LogP contribution is -2.38. The summed E-state index contributed by atoms with van der Waals surface area (Å²) in [6.07, 6.45) is 0.847. The summed E-state index contributed by atoms with van der Waals surface area (Å²) in [5, 5.41) is 14.2. The molecule has 2 rings (SSSR count). The molecule has 0 spiro atoms. The first-order valence-electron chi connectivity index (χ1n) is 6.35. The molecule has 7 nitrogen and oxygen atoms in total. The summed E-state index contributed by atoms with van der Waals surface area (Å²) in [6, 6.07) is 4.26. The molecule has 0 aliphatic carbocycles. The highest BCUT2D eigenvalue weighted by atomic mass is 35.5. The molecule has 1 atom stereocenters. The van der Waals surface area contributed by atoms with Crippen LogP contribution in [0.1, 0.15) is 16.8 Å². The van der Waals surface area contributed by atoms with Gasteiger partial charge in [0.15, 0.2) is 0 Å². The van der Waals surface area contributed by atoms with Gasteiger partial charge in [0.05, 0.1) is 12.0 Å². The first-order valence-corrected chi connectivity index (χ1v) is 6.35. The van der Waals surface area contributed by atoms with Gasteiger partial charge in [-0.25, -0.2) is 0 Å². The minimum Gasteiger partial charge on any atom is -0.497 e. The molecule has 1 saturated heterocycles. The van der Waals surface area contributed by atoms with Crippen molar-refractivity contribution in [3.8, 4) is 5.75 Å². The zero-order valence-corrected chi connectivity index (χ0v) is 12.7. The fraction of sp³-hybridized carbons (Fsp3) is 0.462. The van der Waals surface area contributed by atoms with Gasteiger partial charge in [0.25, 0.3) is 11.6 Å². The standard InChI is InChI=1S/C13H17N3O4.ClH/c1-15(9-5-6-14-8-9)13(17)11-7-10(20-2)3-4-12(11)16(18)19;/h3-4,7,9,14H,5-6,8H2,1-2H3;1H. The molecular formula is C13H18ClN3O4. The number of nitrogens with one attached hydrogen (secondary N) is 1. The molecule has 1 aliphatic heterocycles. The van der Waals surface area contributed by atoms with Gasteiger partial charge in [-0.15, -0.1) is 12.4 Å². The van der Waals surface area contributed by atoms with Crippen molar-refractivity contribution < 1.29 is 14.5 Å². The van der Waals surface area contributed by atoms with Gasteiger partial charge in [-0.05, 0) is 25.1 Å². The predicted molar refractivity (Wildman–Crippen MR) is 80.3 cm³/mol. The molecule has 0 aromatic heterocycles. The molecule has 8 heteroatoms. The summed E-state index contributed by atoms with van der Waals surface area (Å²) in [5.74, 6) is 0.0706. The number of methoxy groups -OCH3 is 1. The monoisotopic (exact) mass is 315 g/mol. The highest BCUT2D eigenvalue weighted by Crippen LogP contribution is 2.26. The Morgan fingerprint density at radius 2 is 2.24 bits per heavy atom. The number of benzene rings is 1. The highest BCUT2D eigenvalue weighted by molar-refractivity contribution is 5.98. The Kier molecular flexibility index (Phi) is 5.92. The molecule has 1 unspecified atom stereocenters. The molecule has 1 N–H and O–H groups in total. The van der Waals surface area contributed by atoms with E-state index in [0.29, 0.717) is 12.3 Å². The second-order valence-electron chi connectivity index (χ2n) is 4.70. The normalized spacial score (nSPS) is 17.0. The smallest absolute Gasteiger partial charge is 0.282 e. The number of carbonyl (C=O) groups is 1. The van der Waals surface area contributed by atoms with Gasteiger partial charge >= 0.3 is 0 Å². The van der Waals surface area contributed by atoms with E-state index in [1.54, 1.807) is 11.9 Å². The molecule has 1 aliphatic rings. The largest absolute Gasteiger partial charge is 0.497 e. The maximum absolute atomic E-state index is 12.5. The van der Waals surface area contributed by atoms with Crippen LogP contribution < -0.4 is 10.1 Å². The summed E-state index contributed by atoms with van der Waals surface area (Å²) < 4.78 is 5.04. The Labute approximate surface area is 128 Å². The number of carbonyl (C=O) groups excluding carboxylic acids is 1. The second-order valence-corrected chi connectivity index (χ2v) is 4.70. The Balaban J connectivity index is 0.00000220. The van der Waals surface area contributed by atoms with Crippen LogP contribution in [0.3, 0.4) is 0 Å². The predicted octanol–water partition coefficient (Wildman–Crippen LogP) is 1.46. The summed E-state index contributed by atoms with van der Waals surface area (Å²) in [6.45, 7) is 1.56. The maximum Gasteiger partial charge on any atom is 0.282 e. The Hall–Kier alpha value is -1.86. The number of nitro groups is 1. The van der Waals surface area contributed by atoms with Gasteiger partial charge in [-0.2, -0.15) is 0 Å². The van der Waals surface area contributed by atoms with Gasteiger partial charge in [0.1, 0.15) is 11.3 Å². The minimum absolute atomic E-state index is 0. The van der Waals surface area contributed by atoms with Crippen LogP contribution in [0.4, 0.5) is 5.69 Å². The number of ether oxygens (including phenoxy) is 1. The van der Waals surface area contributed by atoms with E-state index in [1.807, 2.05) is 0 Å². The van der Waals surface area contributed by atoms with Gasteiger partial charge in [-0.1, -0.05) is 0 Å². The van der Waals surface area contributed by atoms with Crippen LogP contribution in [0.2, 0.25) is 0 Å². The van der Waals surface area contributed by atoms with E-state index in [9.17, 15) is 14.9 Å². The molecule has 1 heterocycles. The van der Waals surface area contributed by atoms with Crippen LogP contribution in [0.5, 0.6) is 5.75 Å². The fourth-order valence-corrected chi connectivity index (χ4v) is 2.30. The highest BCUT2D eigenvalue weighted by Gasteiger charge is 2.29. The van der Waals surface area contributed by atoms with E-state index in [-0.39, 0.29) is 35.6 Å². The third-order valence-corrected chi connectivity index (χ3v) is 3.53. The Morgan fingerprint density at radius 3 is 2.76 bits per heavy atom. The lowest BCUT2D eigenvalue weighted by atomic mass is 10.1. The van der Waals surface area contributed by atoms with Crippen molar-refractivity contribution in [1.82, 2.24) is 10.2 Å². The Morgan fingerprint density at radius 1 is 1.52 bits per heavy atom. The number of halogens is 1. The average molecular weight is 316 g/mol. The third-order valence-electron chi connectivity index (χ3n) is 3.53. The molecule has 0 radical (unpaired) electrons. The van der Waals surface area contributed by atoms with Gasteiger partial charge in [-0.3, -0.25) is 14.9 Å². The zero-order chi connectivity index (χ0) is 14.7. The minimum atomic E-state index is -0.548. The SMILES string of the molecule is COc1ccc([N+](=O)[O-])c(C(=O)N(C)C2CCNC2)c1.Cl. The van der Waals surface area contributed by atoms with E-state index < -0.39 is 4.92 Å². The molecule has 1 amide bonds. The van der Waals surface area contributed by atoms with Crippen LogP contribution in [-0.4, -0.2) is 49.0 Å². The van der Waals surface area contributed by atoms with E-state index in [4.69, 9.17) is 4.74 Å². The molecule has 0 bridgehead atoms. The molecule has 116 valence electrons. The van der Waals surface area contributed by atoms with Crippen LogP contribution in [0, 0.1) is 10.1 Å². The van der Waals surface area contributed by atoms with E-state index in [2.05, 4.69) is 5.32 Å². The molecule has 1 aromatic rings. The third kappa shape index (κ3) is 3.62. The number of hydrogen-bond donors (Lipinski definition) is 1. The maximum atomic E-state index is 12.5. The molecule has 1 fully saturated rings. The number of amides is 1. The lowest BCUT2D eigenvalue weighted by molar-refractivity contribution is -0.385. The van der Waals surface area contributed by atoms with Crippen LogP contribution in [-0.2, 0) is 0 Å². The van der Waals surface area contributed by atoms with E-state index in [1.165, 1.54) is 25.3 Å². The zero-order valence-electron chi connectivity index (χ0n) is 11.9. The summed E-state index contributed by atoms with van der Waals surface area (Å²) in [4.78, 5) is 24.5. The van der Waals surface area contributed by atoms with Crippen molar-refractivity contribution in [2.24, 2.45) is 0 Å². The number of nitro benzene ring substituents is 1. The van der Waals surface area contributed by atoms with Crippen LogP contribution >= 0.6 is 12.4 Å². The summed E-state index contributed by atoms with van der Waals surface area (Å²) in [5.41, 5.74) is -0.141. The van der Waals surface area contributed by atoms with Crippen molar-refractivity contribution >= 4 is 24.0 Å². The quantitative estimate of drug-likeness (QED) is 0.671. The number of nitrogens with zero attached hydrogens (tertiary/aromatic N) is 2. The summed E-state index contributed by atoms with van der Waals surface area (Å²) in [7, 11) is 3.13. The molecular weight excluding hydrogens is 298 g/mol. The topological polar surface area (TPSA) is 84.7 Å². The van der Waals surface area contributed by atoms with Crippen molar-refractivity contribution in [2.75, 3.05) is 27.2 Å². The van der Waals surface area contributed by atoms with E-state index >= 15 is 0 Å². The first kappa shape index (κ1) is 17.2. The number of hydrogen-bond acceptors (Lipinski definition) is 5. The Bertz CT molecular complexity index is 532.